The van der Waals surface area contributed by atoms with Crippen molar-refractivity contribution in [3.05, 3.63) is 39.8 Å². The summed E-state index contributed by atoms with van der Waals surface area (Å²) in [6, 6.07) is 3.52. The van der Waals surface area contributed by atoms with Gasteiger partial charge in [-0.15, -0.1) is 11.3 Å². The molecule has 1 amide bonds. The number of amides is 1. The minimum atomic E-state index is -0.495. The van der Waals surface area contributed by atoms with E-state index in [1.165, 1.54) is 4.88 Å². The number of nitrogens with one attached hydrogen (secondary N) is 1. The number of aromatic nitrogens is 2. The van der Waals surface area contributed by atoms with Gasteiger partial charge in [-0.3, -0.25) is 14.8 Å². The fourth-order valence-corrected chi connectivity index (χ4v) is 2.70. The van der Waals surface area contributed by atoms with Gasteiger partial charge in [0.25, 0.3) is 0 Å². The zero-order valence-corrected chi connectivity index (χ0v) is 11.9. The highest BCUT2D eigenvalue weighted by Gasteiger charge is 2.22. The first-order chi connectivity index (χ1) is 9.11. The lowest BCUT2D eigenvalue weighted by Gasteiger charge is -2.14. The number of hydrogen-bond acceptors (Lipinski definition) is 4. The Morgan fingerprint density at radius 2 is 2.42 bits per heavy atom. The van der Waals surface area contributed by atoms with Gasteiger partial charge in [0.05, 0.1) is 5.69 Å². The van der Waals surface area contributed by atoms with Crippen molar-refractivity contribution in [2.45, 2.75) is 25.9 Å². The Hall–Kier alpha value is -1.66. The molecule has 0 radical (unpaired) electrons. The van der Waals surface area contributed by atoms with Crippen molar-refractivity contribution < 1.29 is 4.79 Å². The van der Waals surface area contributed by atoms with Crippen molar-refractivity contribution in [3.8, 4) is 0 Å². The molecule has 0 saturated carbocycles. The largest absolute Gasteiger partial charge is 0.368 e. The van der Waals surface area contributed by atoms with Gasteiger partial charge >= 0.3 is 0 Å². The maximum Gasteiger partial charge on any atom is 0.239 e. The Labute approximate surface area is 116 Å². The third-order valence-electron chi connectivity index (χ3n) is 2.93. The van der Waals surface area contributed by atoms with E-state index < -0.39 is 6.04 Å². The van der Waals surface area contributed by atoms with E-state index in [0.29, 0.717) is 6.54 Å². The highest BCUT2D eigenvalue weighted by molar-refractivity contribution is 7.09. The average molecular weight is 278 g/mol. The first-order valence-electron chi connectivity index (χ1n) is 6.19. The molecule has 0 saturated heterocycles. The van der Waals surface area contributed by atoms with Crippen LogP contribution in [-0.4, -0.2) is 15.7 Å². The van der Waals surface area contributed by atoms with Gasteiger partial charge in [0.2, 0.25) is 5.91 Å². The molecule has 5 nitrogen and oxygen atoms in total. The van der Waals surface area contributed by atoms with Crippen LogP contribution in [0.15, 0.2) is 23.7 Å². The topological polar surface area (TPSA) is 72.9 Å². The molecule has 0 fully saturated rings. The lowest BCUT2D eigenvalue weighted by Crippen LogP contribution is -2.33. The molecule has 2 aromatic heterocycles. The van der Waals surface area contributed by atoms with Gasteiger partial charge in [-0.05, 0) is 17.9 Å². The van der Waals surface area contributed by atoms with Crippen molar-refractivity contribution in [2.24, 2.45) is 12.8 Å². The van der Waals surface area contributed by atoms with Crippen LogP contribution in [0.3, 0.4) is 0 Å². The molecule has 0 spiro atoms. The summed E-state index contributed by atoms with van der Waals surface area (Å²) in [4.78, 5) is 12.8. The monoisotopic (exact) mass is 278 g/mol. The third kappa shape index (κ3) is 3.21. The lowest BCUT2D eigenvalue weighted by atomic mass is 10.1. The number of aryl methyl sites for hydroxylation is 2. The van der Waals surface area contributed by atoms with Crippen LogP contribution in [0.5, 0.6) is 0 Å². The SMILES string of the molecule is CCc1nn(C)cc1C(NCc1cccs1)C(N)=O. The summed E-state index contributed by atoms with van der Waals surface area (Å²) >= 11 is 1.65. The highest BCUT2D eigenvalue weighted by Crippen LogP contribution is 2.19. The van der Waals surface area contributed by atoms with Crippen molar-refractivity contribution >= 4 is 17.2 Å². The van der Waals surface area contributed by atoms with Crippen molar-refractivity contribution in [3.63, 3.8) is 0 Å². The van der Waals surface area contributed by atoms with E-state index in [1.807, 2.05) is 37.7 Å². The van der Waals surface area contributed by atoms with Crippen LogP contribution >= 0.6 is 11.3 Å². The number of nitrogens with zero attached hydrogens (tertiary/aromatic N) is 2. The summed E-state index contributed by atoms with van der Waals surface area (Å²) in [7, 11) is 1.85. The molecule has 6 heteroatoms. The molecule has 1 atom stereocenters. The van der Waals surface area contributed by atoms with Gasteiger partial charge in [0.1, 0.15) is 6.04 Å². The normalized spacial score (nSPS) is 12.5. The van der Waals surface area contributed by atoms with E-state index in [1.54, 1.807) is 16.0 Å². The smallest absolute Gasteiger partial charge is 0.239 e. The number of rotatable bonds is 6. The summed E-state index contributed by atoms with van der Waals surface area (Å²) in [5.74, 6) is -0.376. The summed E-state index contributed by atoms with van der Waals surface area (Å²) in [6.07, 6.45) is 2.64. The molecule has 0 bridgehead atoms. The molecular formula is C13H18N4OS. The zero-order chi connectivity index (χ0) is 13.8. The van der Waals surface area contributed by atoms with E-state index in [2.05, 4.69) is 10.4 Å². The average Bonchev–Trinajstić information content (AvgIpc) is 2.98. The summed E-state index contributed by atoms with van der Waals surface area (Å²) in [5, 5.41) is 9.57. The molecule has 2 heterocycles. The standard InChI is InChI=1S/C13H18N4OS/c1-3-11-10(8-17(2)16-11)12(13(14)18)15-7-9-5-4-6-19-9/h4-6,8,12,15H,3,7H2,1-2H3,(H2,14,18). The van der Waals surface area contributed by atoms with Gasteiger partial charge in [-0.25, -0.2) is 0 Å². The maximum atomic E-state index is 11.7. The van der Waals surface area contributed by atoms with Crippen molar-refractivity contribution in [2.75, 3.05) is 0 Å². The Morgan fingerprint density at radius 3 is 3.00 bits per heavy atom. The number of primary amides is 1. The van der Waals surface area contributed by atoms with E-state index >= 15 is 0 Å². The van der Waals surface area contributed by atoms with Crippen LogP contribution in [0.25, 0.3) is 0 Å². The van der Waals surface area contributed by atoms with Crippen molar-refractivity contribution in [1.82, 2.24) is 15.1 Å². The third-order valence-corrected chi connectivity index (χ3v) is 3.80. The Morgan fingerprint density at radius 1 is 1.63 bits per heavy atom. The van der Waals surface area contributed by atoms with E-state index in [9.17, 15) is 4.79 Å². The molecule has 0 aliphatic carbocycles. The first kappa shape index (κ1) is 13.8. The summed E-state index contributed by atoms with van der Waals surface area (Å²) in [5.41, 5.74) is 7.28. The van der Waals surface area contributed by atoms with Gasteiger partial charge in [0, 0.05) is 30.2 Å². The van der Waals surface area contributed by atoms with Crippen LogP contribution in [-0.2, 0) is 24.8 Å². The Bertz CT molecular complexity index is 547. The molecule has 19 heavy (non-hydrogen) atoms. The number of carbonyl (C=O) groups excluding carboxylic acids is 1. The molecule has 3 N–H and O–H groups in total. The van der Waals surface area contributed by atoms with Crippen LogP contribution in [0.1, 0.15) is 29.1 Å². The molecule has 0 aliphatic rings. The summed E-state index contributed by atoms with van der Waals surface area (Å²) in [6.45, 7) is 2.65. The second kappa shape index (κ2) is 5.99. The Kier molecular flexibility index (Phi) is 4.34. The quantitative estimate of drug-likeness (QED) is 0.838. The molecular weight excluding hydrogens is 260 g/mol. The van der Waals surface area contributed by atoms with Crippen LogP contribution < -0.4 is 11.1 Å². The van der Waals surface area contributed by atoms with Crippen LogP contribution in [0.4, 0.5) is 0 Å². The highest BCUT2D eigenvalue weighted by atomic mass is 32.1. The van der Waals surface area contributed by atoms with E-state index in [4.69, 9.17) is 5.73 Å². The maximum absolute atomic E-state index is 11.7. The molecule has 102 valence electrons. The van der Waals surface area contributed by atoms with Gasteiger partial charge < -0.3 is 5.73 Å². The predicted octanol–water partition coefficient (Wildman–Crippen LogP) is 1.36. The number of carbonyl (C=O) groups is 1. The first-order valence-corrected chi connectivity index (χ1v) is 7.07. The minimum absolute atomic E-state index is 0.376. The second-order valence-electron chi connectivity index (χ2n) is 4.35. The van der Waals surface area contributed by atoms with Gasteiger partial charge in [-0.1, -0.05) is 13.0 Å². The zero-order valence-electron chi connectivity index (χ0n) is 11.1. The summed E-state index contributed by atoms with van der Waals surface area (Å²) < 4.78 is 1.72. The second-order valence-corrected chi connectivity index (χ2v) is 5.39. The predicted molar refractivity (Wildman–Crippen MR) is 75.7 cm³/mol. The minimum Gasteiger partial charge on any atom is -0.368 e. The van der Waals surface area contributed by atoms with Crippen LogP contribution in [0.2, 0.25) is 0 Å². The van der Waals surface area contributed by atoms with E-state index in [-0.39, 0.29) is 5.91 Å². The fourth-order valence-electron chi connectivity index (χ4n) is 2.05. The molecule has 1 unspecified atom stereocenters. The fraction of sp³-hybridized carbons (Fsp3) is 0.385. The number of hydrogen-bond donors (Lipinski definition) is 2. The van der Waals surface area contributed by atoms with Crippen molar-refractivity contribution in [1.29, 1.82) is 0 Å². The van der Waals surface area contributed by atoms with Gasteiger partial charge in [-0.2, -0.15) is 5.10 Å². The van der Waals surface area contributed by atoms with Crippen LogP contribution in [0, 0.1) is 0 Å². The number of nitrogens with two attached hydrogens (primary N) is 1. The lowest BCUT2D eigenvalue weighted by molar-refractivity contribution is -0.120. The Balaban J connectivity index is 2.17. The molecule has 2 rings (SSSR count). The molecule has 2 aromatic rings. The van der Waals surface area contributed by atoms with E-state index in [0.717, 1.165) is 17.7 Å². The molecule has 0 aliphatic heterocycles. The molecule has 0 aromatic carbocycles. The van der Waals surface area contributed by atoms with Gasteiger partial charge in [0.15, 0.2) is 0 Å². The number of thiophene rings is 1.